The molecule has 0 aliphatic carbocycles. The largest absolute Gasteiger partial charge is 0.417 e. The first-order valence-electron chi connectivity index (χ1n) is 4.82. The third-order valence-electron chi connectivity index (χ3n) is 2.65. The van der Waals surface area contributed by atoms with Crippen molar-refractivity contribution in [1.82, 2.24) is 4.98 Å². The lowest BCUT2D eigenvalue weighted by atomic mass is 9.95. The summed E-state index contributed by atoms with van der Waals surface area (Å²) < 4.78 is 42.0. The summed E-state index contributed by atoms with van der Waals surface area (Å²) in [5.74, 6) is 0. The number of hydrogen-bond donors (Lipinski definition) is 1. The Labute approximate surface area is 90.4 Å². The summed E-state index contributed by atoms with van der Waals surface area (Å²) in [6.45, 7) is 0.810. The SMILES string of the molecule is NC1(c2ccc(C(F)(F)F)cn2)CCOC1. The zero-order valence-corrected chi connectivity index (χ0v) is 8.42. The molecular weight excluding hydrogens is 221 g/mol. The average molecular weight is 232 g/mol. The third kappa shape index (κ3) is 2.03. The van der Waals surface area contributed by atoms with Gasteiger partial charge >= 0.3 is 6.18 Å². The third-order valence-corrected chi connectivity index (χ3v) is 2.65. The number of ether oxygens (including phenoxy) is 1. The molecule has 1 aromatic rings. The van der Waals surface area contributed by atoms with Crippen LogP contribution in [0.15, 0.2) is 18.3 Å². The Morgan fingerprint density at radius 3 is 2.56 bits per heavy atom. The number of halogens is 3. The van der Waals surface area contributed by atoms with Gasteiger partial charge in [-0.15, -0.1) is 0 Å². The standard InChI is InChI=1S/C10H11F3N2O/c11-10(12,13)7-1-2-8(15-5-7)9(14)3-4-16-6-9/h1-2,5H,3-4,6,14H2. The molecule has 0 bridgehead atoms. The molecule has 2 rings (SSSR count). The Morgan fingerprint density at radius 1 is 1.38 bits per heavy atom. The molecule has 6 heteroatoms. The Morgan fingerprint density at radius 2 is 2.12 bits per heavy atom. The lowest BCUT2D eigenvalue weighted by Gasteiger charge is -2.21. The zero-order valence-electron chi connectivity index (χ0n) is 8.42. The Kier molecular flexibility index (Phi) is 2.63. The molecule has 0 spiro atoms. The van der Waals surface area contributed by atoms with Gasteiger partial charge in [0.2, 0.25) is 0 Å². The number of pyridine rings is 1. The smallest absolute Gasteiger partial charge is 0.379 e. The number of aromatic nitrogens is 1. The van der Waals surface area contributed by atoms with E-state index in [0.29, 0.717) is 25.3 Å². The molecule has 0 radical (unpaired) electrons. The fraction of sp³-hybridized carbons (Fsp3) is 0.500. The topological polar surface area (TPSA) is 48.1 Å². The molecule has 0 aromatic carbocycles. The molecular formula is C10H11F3N2O. The predicted octanol–water partition coefficient (Wildman–Crippen LogP) is 1.67. The van der Waals surface area contributed by atoms with Crippen molar-refractivity contribution in [2.24, 2.45) is 5.73 Å². The van der Waals surface area contributed by atoms with Gasteiger partial charge in [0.1, 0.15) is 0 Å². The van der Waals surface area contributed by atoms with Gasteiger partial charge in [-0.1, -0.05) is 0 Å². The molecule has 0 saturated carbocycles. The van der Waals surface area contributed by atoms with E-state index in [1.165, 1.54) is 6.07 Å². The Balaban J connectivity index is 2.26. The van der Waals surface area contributed by atoms with Crippen molar-refractivity contribution in [2.45, 2.75) is 18.1 Å². The van der Waals surface area contributed by atoms with E-state index in [0.717, 1.165) is 12.3 Å². The van der Waals surface area contributed by atoms with Gasteiger partial charge in [-0.05, 0) is 18.6 Å². The minimum atomic E-state index is -4.36. The van der Waals surface area contributed by atoms with E-state index < -0.39 is 17.3 Å². The molecule has 3 nitrogen and oxygen atoms in total. The highest BCUT2D eigenvalue weighted by Crippen LogP contribution is 2.31. The van der Waals surface area contributed by atoms with E-state index in [-0.39, 0.29) is 0 Å². The van der Waals surface area contributed by atoms with E-state index >= 15 is 0 Å². The van der Waals surface area contributed by atoms with Crippen molar-refractivity contribution in [3.8, 4) is 0 Å². The van der Waals surface area contributed by atoms with Crippen molar-refractivity contribution in [3.05, 3.63) is 29.6 Å². The van der Waals surface area contributed by atoms with Crippen LogP contribution < -0.4 is 5.73 Å². The number of rotatable bonds is 1. The summed E-state index contributed by atoms with van der Waals surface area (Å²) in [7, 11) is 0. The summed E-state index contributed by atoms with van der Waals surface area (Å²) in [6, 6.07) is 2.31. The highest BCUT2D eigenvalue weighted by atomic mass is 19.4. The number of alkyl halides is 3. The van der Waals surface area contributed by atoms with Gasteiger partial charge in [0.05, 0.1) is 23.4 Å². The molecule has 1 unspecified atom stereocenters. The second-order valence-corrected chi connectivity index (χ2v) is 3.89. The van der Waals surface area contributed by atoms with Crippen LogP contribution in [0.25, 0.3) is 0 Å². The van der Waals surface area contributed by atoms with Gasteiger partial charge in [0, 0.05) is 12.8 Å². The summed E-state index contributed by atoms with van der Waals surface area (Å²) in [5, 5.41) is 0. The van der Waals surface area contributed by atoms with Crippen LogP contribution in [-0.2, 0) is 16.5 Å². The fourth-order valence-corrected chi connectivity index (χ4v) is 1.64. The lowest BCUT2D eigenvalue weighted by Crippen LogP contribution is -2.38. The maximum absolute atomic E-state index is 12.3. The maximum Gasteiger partial charge on any atom is 0.417 e. The molecule has 1 aliphatic rings. The predicted molar refractivity (Wildman–Crippen MR) is 50.5 cm³/mol. The normalized spacial score (nSPS) is 26.0. The summed E-state index contributed by atoms with van der Waals surface area (Å²) in [4.78, 5) is 3.77. The van der Waals surface area contributed by atoms with Crippen LogP contribution in [0.1, 0.15) is 17.7 Å². The second kappa shape index (κ2) is 3.71. The Bertz CT molecular complexity index is 369. The summed E-state index contributed by atoms with van der Waals surface area (Å²) >= 11 is 0. The Hall–Kier alpha value is -1.14. The van der Waals surface area contributed by atoms with Gasteiger partial charge in [0.25, 0.3) is 0 Å². The monoisotopic (exact) mass is 232 g/mol. The molecule has 88 valence electrons. The molecule has 16 heavy (non-hydrogen) atoms. The molecule has 1 saturated heterocycles. The minimum Gasteiger partial charge on any atom is -0.379 e. The van der Waals surface area contributed by atoms with Crippen LogP contribution in [0.4, 0.5) is 13.2 Å². The van der Waals surface area contributed by atoms with Gasteiger partial charge in [0.15, 0.2) is 0 Å². The molecule has 2 N–H and O–H groups in total. The molecule has 2 heterocycles. The van der Waals surface area contributed by atoms with Gasteiger partial charge in [-0.25, -0.2) is 0 Å². The first-order chi connectivity index (χ1) is 7.42. The highest BCUT2D eigenvalue weighted by Gasteiger charge is 2.35. The molecule has 0 amide bonds. The van der Waals surface area contributed by atoms with E-state index in [1.54, 1.807) is 0 Å². The van der Waals surface area contributed by atoms with Crippen LogP contribution in [0.5, 0.6) is 0 Å². The van der Waals surface area contributed by atoms with E-state index in [2.05, 4.69) is 4.98 Å². The van der Waals surface area contributed by atoms with Gasteiger partial charge in [-0.3, -0.25) is 4.98 Å². The van der Waals surface area contributed by atoms with Crippen molar-refractivity contribution in [3.63, 3.8) is 0 Å². The van der Waals surface area contributed by atoms with Gasteiger partial charge in [-0.2, -0.15) is 13.2 Å². The quantitative estimate of drug-likeness (QED) is 0.801. The summed E-state index contributed by atoms with van der Waals surface area (Å²) in [5.41, 5.74) is 4.90. The average Bonchev–Trinajstić information content (AvgIpc) is 2.66. The second-order valence-electron chi connectivity index (χ2n) is 3.89. The maximum atomic E-state index is 12.3. The van der Waals surface area contributed by atoms with Crippen LogP contribution in [0.3, 0.4) is 0 Å². The van der Waals surface area contributed by atoms with Gasteiger partial charge < -0.3 is 10.5 Å². The van der Waals surface area contributed by atoms with E-state index in [1.807, 2.05) is 0 Å². The van der Waals surface area contributed by atoms with Crippen LogP contribution in [-0.4, -0.2) is 18.2 Å². The highest BCUT2D eigenvalue weighted by molar-refractivity contribution is 5.22. The molecule has 1 aliphatic heterocycles. The van der Waals surface area contributed by atoms with E-state index in [9.17, 15) is 13.2 Å². The summed E-state index contributed by atoms with van der Waals surface area (Å²) in [6.07, 6.45) is -2.98. The van der Waals surface area contributed by atoms with E-state index in [4.69, 9.17) is 10.5 Å². The number of hydrogen-bond acceptors (Lipinski definition) is 3. The lowest BCUT2D eigenvalue weighted by molar-refractivity contribution is -0.137. The van der Waals surface area contributed by atoms with Crippen molar-refractivity contribution in [1.29, 1.82) is 0 Å². The number of nitrogens with two attached hydrogens (primary N) is 1. The molecule has 1 atom stereocenters. The van der Waals surface area contributed by atoms with Crippen LogP contribution in [0.2, 0.25) is 0 Å². The minimum absolute atomic E-state index is 0.297. The zero-order chi connectivity index (χ0) is 11.8. The van der Waals surface area contributed by atoms with Crippen LogP contribution >= 0.6 is 0 Å². The molecule has 1 fully saturated rings. The fourth-order valence-electron chi connectivity index (χ4n) is 1.64. The first kappa shape index (κ1) is 11.3. The molecule has 1 aromatic heterocycles. The van der Waals surface area contributed by atoms with Crippen molar-refractivity contribution >= 4 is 0 Å². The van der Waals surface area contributed by atoms with Crippen molar-refractivity contribution in [2.75, 3.05) is 13.2 Å². The van der Waals surface area contributed by atoms with Crippen molar-refractivity contribution < 1.29 is 17.9 Å². The van der Waals surface area contributed by atoms with Crippen LogP contribution in [0, 0.1) is 0 Å². The first-order valence-corrected chi connectivity index (χ1v) is 4.82. The number of nitrogens with zero attached hydrogens (tertiary/aromatic N) is 1.